The Hall–Kier alpha value is -0.0400. The fraction of sp³-hybridized carbons (Fsp3) is 1.00. The van der Waals surface area contributed by atoms with Crippen molar-refractivity contribution in [1.82, 2.24) is 5.32 Å². The highest BCUT2D eigenvalue weighted by Crippen LogP contribution is 2.51. The minimum absolute atomic E-state index is 0.825. The van der Waals surface area contributed by atoms with Gasteiger partial charge in [0.25, 0.3) is 0 Å². The second-order valence-electron chi connectivity index (χ2n) is 6.94. The molecule has 0 saturated heterocycles. The molecule has 0 heterocycles. The summed E-state index contributed by atoms with van der Waals surface area (Å²) in [6, 6.07) is 0.825. The Kier molecular flexibility index (Phi) is 5.54. The van der Waals surface area contributed by atoms with Crippen molar-refractivity contribution in [1.29, 1.82) is 0 Å². The van der Waals surface area contributed by atoms with Crippen molar-refractivity contribution in [3.63, 3.8) is 0 Å². The summed E-state index contributed by atoms with van der Waals surface area (Å²) < 4.78 is 0. The molecule has 2 aliphatic rings. The molecule has 1 nitrogen and oxygen atoms in total. The van der Waals surface area contributed by atoms with Crippen LogP contribution < -0.4 is 5.32 Å². The number of hydrogen-bond acceptors (Lipinski definition) is 1. The highest BCUT2D eigenvalue weighted by atomic mass is 14.9. The molecule has 2 unspecified atom stereocenters. The van der Waals surface area contributed by atoms with Gasteiger partial charge in [0.1, 0.15) is 0 Å². The van der Waals surface area contributed by atoms with Crippen molar-refractivity contribution in [2.45, 2.75) is 78.2 Å². The molecule has 0 aromatic rings. The minimum Gasteiger partial charge on any atom is -0.314 e. The standard InChI is InChI=1S/C17H33N/c1-4-6-13(3)12-16(18-11-5-2)17(14-7-8-14)15-9-10-15/h13-18H,4-12H2,1-3H3. The summed E-state index contributed by atoms with van der Waals surface area (Å²) in [4.78, 5) is 0. The van der Waals surface area contributed by atoms with Gasteiger partial charge in [-0.3, -0.25) is 0 Å². The first-order valence-corrected chi connectivity index (χ1v) is 8.49. The van der Waals surface area contributed by atoms with Gasteiger partial charge < -0.3 is 5.32 Å². The summed E-state index contributed by atoms with van der Waals surface area (Å²) in [6.45, 7) is 8.30. The van der Waals surface area contributed by atoms with Crippen molar-refractivity contribution >= 4 is 0 Å². The zero-order valence-corrected chi connectivity index (χ0v) is 12.8. The minimum atomic E-state index is 0.825. The zero-order valence-electron chi connectivity index (χ0n) is 12.8. The van der Waals surface area contributed by atoms with Gasteiger partial charge in [0.05, 0.1) is 0 Å². The van der Waals surface area contributed by atoms with Crippen LogP contribution in [0, 0.1) is 23.7 Å². The van der Waals surface area contributed by atoms with Crippen LogP contribution in [0.15, 0.2) is 0 Å². The lowest BCUT2D eigenvalue weighted by Crippen LogP contribution is -2.40. The van der Waals surface area contributed by atoms with Gasteiger partial charge in [0, 0.05) is 6.04 Å². The van der Waals surface area contributed by atoms with E-state index in [1.807, 2.05) is 0 Å². The lowest BCUT2D eigenvalue weighted by Gasteiger charge is -2.31. The van der Waals surface area contributed by atoms with Crippen LogP contribution in [0.5, 0.6) is 0 Å². The number of rotatable bonds is 10. The molecule has 106 valence electrons. The Balaban J connectivity index is 1.88. The Morgan fingerprint density at radius 3 is 2.06 bits per heavy atom. The number of nitrogens with one attached hydrogen (secondary N) is 1. The molecule has 2 saturated carbocycles. The Morgan fingerprint density at radius 1 is 1.00 bits per heavy atom. The van der Waals surface area contributed by atoms with Gasteiger partial charge >= 0.3 is 0 Å². The summed E-state index contributed by atoms with van der Waals surface area (Å²) in [5.41, 5.74) is 0. The summed E-state index contributed by atoms with van der Waals surface area (Å²) >= 11 is 0. The maximum Gasteiger partial charge on any atom is 0.0103 e. The fourth-order valence-corrected chi connectivity index (χ4v) is 3.75. The first kappa shape index (κ1) is 14.4. The molecule has 2 aliphatic carbocycles. The molecule has 0 bridgehead atoms. The van der Waals surface area contributed by atoms with E-state index < -0.39 is 0 Å². The molecule has 0 aromatic heterocycles. The van der Waals surface area contributed by atoms with Gasteiger partial charge in [-0.25, -0.2) is 0 Å². The fourth-order valence-electron chi connectivity index (χ4n) is 3.75. The van der Waals surface area contributed by atoms with Crippen molar-refractivity contribution in [3.8, 4) is 0 Å². The molecule has 0 amide bonds. The molecule has 2 atom stereocenters. The van der Waals surface area contributed by atoms with Gasteiger partial charge in [-0.2, -0.15) is 0 Å². The lowest BCUT2D eigenvalue weighted by atomic mass is 9.83. The monoisotopic (exact) mass is 251 g/mol. The molecule has 1 heteroatoms. The molecule has 0 spiro atoms. The van der Waals surface area contributed by atoms with Gasteiger partial charge in [0.15, 0.2) is 0 Å². The quantitative estimate of drug-likeness (QED) is 0.597. The average molecular weight is 251 g/mol. The van der Waals surface area contributed by atoms with E-state index in [0.29, 0.717) is 0 Å². The van der Waals surface area contributed by atoms with Crippen LogP contribution in [-0.4, -0.2) is 12.6 Å². The molecule has 2 rings (SSSR count). The van der Waals surface area contributed by atoms with E-state index in [4.69, 9.17) is 0 Å². The van der Waals surface area contributed by atoms with Gasteiger partial charge in [-0.05, 0) is 68.7 Å². The third-order valence-electron chi connectivity index (χ3n) is 4.89. The average Bonchev–Trinajstić information content (AvgIpc) is 3.20. The summed E-state index contributed by atoms with van der Waals surface area (Å²) in [5.74, 6) is 4.10. The van der Waals surface area contributed by atoms with E-state index in [-0.39, 0.29) is 0 Å². The van der Waals surface area contributed by atoms with E-state index in [1.165, 1.54) is 57.9 Å². The molecule has 2 fully saturated rings. The molecule has 0 radical (unpaired) electrons. The Bertz CT molecular complexity index is 218. The largest absolute Gasteiger partial charge is 0.314 e. The van der Waals surface area contributed by atoms with Gasteiger partial charge in [0.2, 0.25) is 0 Å². The molecular weight excluding hydrogens is 218 g/mol. The molecule has 1 N–H and O–H groups in total. The van der Waals surface area contributed by atoms with Gasteiger partial charge in [-0.15, -0.1) is 0 Å². The SMILES string of the molecule is CCCNC(CC(C)CCC)C(C1CC1)C1CC1. The van der Waals surface area contributed by atoms with E-state index in [1.54, 1.807) is 0 Å². The van der Waals surface area contributed by atoms with Crippen molar-refractivity contribution in [2.75, 3.05) is 6.54 Å². The molecule has 0 aliphatic heterocycles. The third-order valence-corrected chi connectivity index (χ3v) is 4.89. The molecule has 18 heavy (non-hydrogen) atoms. The predicted octanol–water partition coefficient (Wildman–Crippen LogP) is 4.62. The topological polar surface area (TPSA) is 12.0 Å². The highest BCUT2D eigenvalue weighted by molar-refractivity contribution is 4.97. The van der Waals surface area contributed by atoms with E-state index in [0.717, 1.165) is 29.7 Å². The van der Waals surface area contributed by atoms with Crippen molar-refractivity contribution < 1.29 is 0 Å². The van der Waals surface area contributed by atoms with Gasteiger partial charge in [-0.1, -0.05) is 33.6 Å². The summed E-state index contributed by atoms with van der Waals surface area (Å²) in [6.07, 6.45) is 11.5. The number of hydrogen-bond donors (Lipinski definition) is 1. The van der Waals surface area contributed by atoms with Crippen molar-refractivity contribution in [3.05, 3.63) is 0 Å². The molecular formula is C17H33N. The lowest BCUT2D eigenvalue weighted by molar-refractivity contribution is 0.241. The maximum absolute atomic E-state index is 3.90. The van der Waals surface area contributed by atoms with Crippen LogP contribution in [0.4, 0.5) is 0 Å². The van der Waals surface area contributed by atoms with Crippen LogP contribution in [0.2, 0.25) is 0 Å². The van der Waals surface area contributed by atoms with Crippen LogP contribution in [0.3, 0.4) is 0 Å². The second kappa shape index (κ2) is 6.93. The van der Waals surface area contributed by atoms with E-state index >= 15 is 0 Å². The smallest absolute Gasteiger partial charge is 0.0103 e. The van der Waals surface area contributed by atoms with Crippen LogP contribution in [0.1, 0.15) is 72.1 Å². The maximum atomic E-state index is 3.90. The zero-order chi connectivity index (χ0) is 13.0. The Labute approximate surface area is 114 Å². The summed E-state index contributed by atoms with van der Waals surface area (Å²) in [5, 5.41) is 3.90. The van der Waals surface area contributed by atoms with Crippen LogP contribution in [0.25, 0.3) is 0 Å². The third kappa shape index (κ3) is 4.26. The molecule has 0 aromatic carbocycles. The second-order valence-corrected chi connectivity index (χ2v) is 6.94. The highest BCUT2D eigenvalue weighted by Gasteiger charge is 2.45. The van der Waals surface area contributed by atoms with Crippen molar-refractivity contribution in [2.24, 2.45) is 23.7 Å². The normalized spacial score (nSPS) is 23.3. The van der Waals surface area contributed by atoms with Crippen LogP contribution >= 0.6 is 0 Å². The first-order valence-electron chi connectivity index (χ1n) is 8.49. The van der Waals surface area contributed by atoms with E-state index in [9.17, 15) is 0 Å². The summed E-state index contributed by atoms with van der Waals surface area (Å²) in [7, 11) is 0. The predicted molar refractivity (Wildman–Crippen MR) is 79.7 cm³/mol. The Morgan fingerprint density at radius 2 is 1.61 bits per heavy atom. The van der Waals surface area contributed by atoms with Crippen LogP contribution in [-0.2, 0) is 0 Å². The van der Waals surface area contributed by atoms with E-state index in [2.05, 4.69) is 26.1 Å². The first-order chi connectivity index (χ1) is 8.76.